The zero-order valence-corrected chi connectivity index (χ0v) is 11.0. The Morgan fingerprint density at radius 3 is 1.90 bits per heavy atom. The molecular weight excluding hydrogens is 276 g/mol. The summed E-state index contributed by atoms with van der Waals surface area (Å²) < 4.78 is 4.95. The fourth-order valence-electron chi connectivity index (χ4n) is 1.97. The molecule has 0 saturated heterocycles. The van der Waals surface area contributed by atoms with Gasteiger partial charge in [-0.05, 0) is 24.3 Å². The number of phenols is 3. The van der Waals surface area contributed by atoms with E-state index in [2.05, 4.69) is 0 Å². The second-order valence-corrected chi connectivity index (χ2v) is 4.29. The normalized spacial score (nSPS) is 10.1. The zero-order chi connectivity index (χ0) is 15.6. The number of phenolic OH excluding ortho intramolecular Hbond substituents is 3. The maximum Gasteiger partial charge on any atom is 0.165 e. The van der Waals surface area contributed by atoms with Crippen molar-refractivity contribution in [2.24, 2.45) is 0 Å². The molecule has 6 nitrogen and oxygen atoms in total. The highest BCUT2D eigenvalue weighted by molar-refractivity contribution is 5.89. The third-order valence-electron chi connectivity index (χ3n) is 2.99. The lowest BCUT2D eigenvalue weighted by molar-refractivity contribution is 0.111. The van der Waals surface area contributed by atoms with Gasteiger partial charge in [0, 0.05) is 22.3 Å². The van der Waals surface area contributed by atoms with Crippen LogP contribution in [0.1, 0.15) is 20.7 Å². The first kappa shape index (κ1) is 14.4. The Bertz CT molecular complexity index is 721. The van der Waals surface area contributed by atoms with Gasteiger partial charge in [0.2, 0.25) is 0 Å². The standard InChI is InChI=1S/C15H12O6/c1-21-13-5-9(7-17)3-11(15(13)20)10-2-8(6-16)4-12(18)14(10)19/h2-7,18-20H,1H3. The molecule has 0 spiro atoms. The van der Waals surface area contributed by atoms with E-state index >= 15 is 0 Å². The molecule has 0 aliphatic heterocycles. The number of hydrogen-bond acceptors (Lipinski definition) is 6. The van der Waals surface area contributed by atoms with Gasteiger partial charge in [0.1, 0.15) is 12.6 Å². The van der Waals surface area contributed by atoms with Crippen molar-refractivity contribution >= 4 is 12.6 Å². The van der Waals surface area contributed by atoms with Gasteiger partial charge in [0.15, 0.2) is 23.0 Å². The lowest BCUT2D eigenvalue weighted by Gasteiger charge is -2.13. The summed E-state index contributed by atoms with van der Waals surface area (Å²) in [6, 6.07) is 5.01. The smallest absolute Gasteiger partial charge is 0.165 e. The van der Waals surface area contributed by atoms with Crippen LogP contribution in [0.3, 0.4) is 0 Å². The van der Waals surface area contributed by atoms with Crippen molar-refractivity contribution in [3.63, 3.8) is 0 Å². The lowest BCUT2D eigenvalue weighted by Crippen LogP contribution is -1.92. The molecule has 0 aliphatic rings. The largest absolute Gasteiger partial charge is 0.504 e. The highest BCUT2D eigenvalue weighted by atomic mass is 16.5. The molecule has 0 aromatic heterocycles. The van der Waals surface area contributed by atoms with Gasteiger partial charge in [-0.25, -0.2) is 0 Å². The Morgan fingerprint density at radius 2 is 1.38 bits per heavy atom. The van der Waals surface area contributed by atoms with Crippen molar-refractivity contribution in [1.82, 2.24) is 0 Å². The monoisotopic (exact) mass is 288 g/mol. The maximum absolute atomic E-state index is 10.9. The van der Waals surface area contributed by atoms with Crippen molar-refractivity contribution in [2.45, 2.75) is 0 Å². The third-order valence-corrected chi connectivity index (χ3v) is 2.99. The molecule has 0 amide bonds. The fraction of sp³-hybridized carbons (Fsp3) is 0.0667. The number of ether oxygens (including phenoxy) is 1. The number of carbonyl (C=O) groups excluding carboxylic acids is 2. The van der Waals surface area contributed by atoms with E-state index in [0.717, 1.165) is 6.07 Å². The Balaban J connectivity index is 2.80. The molecule has 2 rings (SSSR count). The molecule has 2 aromatic rings. The first-order valence-corrected chi connectivity index (χ1v) is 5.89. The molecule has 0 aliphatic carbocycles. The van der Waals surface area contributed by atoms with E-state index in [1.807, 2.05) is 0 Å². The first-order valence-electron chi connectivity index (χ1n) is 5.89. The number of aromatic hydroxyl groups is 3. The van der Waals surface area contributed by atoms with E-state index in [0.29, 0.717) is 12.6 Å². The maximum atomic E-state index is 10.9. The van der Waals surface area contributed by atoms with E-state index < -0.39 is 11.5 Å². The van der Waals surface area contributed by atoms with Crippen molar-refractivity contribution < 1.29 is 29.6 Å². The summed E-state index contributed by atoms with van der Waals surface area (Å²) in [4.78, 5) is 21.8. The molecular formula is C15H12O6. The molecule has 0 heterocycles. The van der Waals surface area contributed by atoms with Crippen molar-refractivity contribution in [1.29, 1.82) is 0 Å². The highest BCUT2D eigenvalue weighted by Gasteiger charge is 2.18. The molecule has 0 fully saturated rings. The summed E-state index contributed by atoms with van der Waals surface area (Å²) in [6.07, 6.45) is 1.03. The van der Waals surface area contributed by atoms with Crippen molar-refractivity contribution in [2.75, 3.05) is 7.11 Å². The van der Waals surface area contributed by atoms with Crippen LogP contribution in [0.2, 0.25) is 0 Å². The Kier molecular flexibility index (Phi) is 3.80. The summed E-state index contributed by atoms with van der Waals surface area (Å²) in [6.45, 7) is 0. The average Bonchev–Trinajstić information content (AvgIpc) is 2.50. The SMILES string of the molecule is COc1cc(C=O)cc(-c2cc(C=O)cc(O)c2O)c1O. The van der Waals surface area contributed by atoms with Gasteiger partial charge in [-0.15, -0.1) is 0 Å². The minimum absolute atomic E-state index is 0.0107. The van der Waals surface area contributed by atoms with Crippen molar-refractivity contribution in [3.05, 3.63) is 35.4 Å². The van der Waals surface area contributed by atoms with Crippen LogP contribution in [0.4, 0.5) is 0 Å². The summed E-state index contributed by atoms with van der Waals surface area (Å²) >= 11 is 0. The Hall–Kier alpha value is -3.02. The summed E-state index contributed by atoms with van der Waals surface area (Å²) in [5.41, 5.74) is 0.384. The van der Waals surface area contributed by atoms with Crippen LogP contribution >= 0.6 is 0 Å². The number of methoxy groups -OCH3 is 1. The third kappa shape index (κ3) is 2.51. The van der Waals surface area contributed by atoms with Crippen LogP contribution in [0.25, 0.3) is 11.1 Å². The molecule has 0 radical (unpaired) electrons. The topological polar surface area (TPSA) is 104 Å². The summed E-state index contributed by atoms with van der Waals surface area (Å²) in [5, 5.41) is 29.7. The molecule has 3 N–H and O–H groups in total. The summed E-state index contributed by atoms with van der Waals surface area (Å²) in [7, 11) is 1.31. The number of hydrogen-bond donors (Lipinski definition) is 3. The summed E-state index contributed by atoms with van der Waals surface area (Å²) in [5.74, 6) is -1.31. The number of benzene rings is 2. The molecule has 0 saturated carbocycles. The minimum Gasteiger partial charge on any atom is -0.504 e. The lowest BCUT2D eigenvalue weighted by atomic mass is 9.98. The molecule has 0 unspecified atom stereocenters. The van der Waals surface area contributed by atoms with Gasteiger partial charge >= 0.3 is 0 Å². The Labute approximate surface area is 119 Å². The number of rotatable bonds is 4. The van der Waals surface area contributed by atoms with Crippen molar-refractivity contribution in [3.8, 4) is 34.1 Å². The fourth-order valence-corrected chi connectivity index (χ4v) is 1.97. The molecule has 0 bridgehead atoms. The van der Waals surface area contributed by atoms with Crippen LogP contribution < -0.4 is 4.74 Å². The van der Waals surface area contributed by atoms with Crippen LogP contribution in [0, 0.1) is 0 Å². The second-order valence-electron chi connectivity index (χ2n) is 4.29. The predicted molar refractivity (Wildman–Crippen MR) is 74.2 cm³/mol. The molecule has 108 valence electrons. The van der Waals surface area contributed by atoms with Gasteiger partial charge in [0.05, 0.1) is 7.11 Å². The van der Waals surface area contributed by atoms with Gasteiger partial charge in [0.25, 0.3) is 0 Å². The average molecular weight is 288 g/mol. The number of carbonyl (C=O) groups is 2. The van der Waals surface area contributed by atoms with Crippen LogP contribution in [-0.2, 0) is 0 Å². The molecule has 6 heteroatoms. The van der Waals surface area contributed by atoms with E-state index in [4.69, 9.17) is 4.74 Å². The van der Waals surface area contributed by atoms with Gasteiger partial charge in [-0.2, -0.15) is 0 Å². The van der Waals surface area contributed by atoms with Crippen LogP contribution in [0.15, 0.2) is 24.3 Å². The van der Waals surface area contributed by atoms with Gasteiger partial charge < -0.3 is 20.1 Å². The minimum atomic E-state index is -0.513. The molecule has 21 heavy (non-hydrogen) atoms. The predicted octanol–water partition coefficient (Wildman–Crippen LogP) is 2.10. The van der Waals surface area contributed by atoms with Gasteiger partial charge in [-0.1, -0.05) is 0 Å². The molecule has 2 aromatic carbocycles. The van der Waals surface area contributed by atoms with E-state index in [1.165, 1.54) is 25.3 Å². The quantitative estimate of drug-likeness (QED) is 0.588. The zero-order valence-electron chi connectivity index (χ0n) is 11.0. The number of aldehydes is 2. The van der Waals surface area contributed by atoms with E-state index in [9.17, 15) is 24.9 Å². The van der Waals surface area contributed by atoms with Gasteiger partial charge in [-0.3, -0.25) is 9.59 Å². The highest BCUT2D eigenvalue weighted by Crippen LogP contribution is 2.44. The molecule has 0 atom stereocenters. The Morgan fingerprint density at radius 1 is 0.857 bits per heavy atom. The van der Waals surface area contributed by atoms with E-state index in [-0.39, 0.29) is 33.8 Å². The van der Waals surface area contributed by atoms with Crippen LogP contribution in [-0.4, -0.2) is 35.0 Å². The first-order chi connectivity index (χ1) is 10.0. The van der Waals surface area contributed by atoms with Crippen LogP contribution in [0.5, 0.6) is 23.0 Å². The van der Waals surface area contributed by atoms with E-state index in [1.54, 1.807) is 0 Å². The second kappa shape index (κ2) is 5.54.